The number of aromatic nitrogens is 3. The summed E-state index contributed by atoms with van der Waals surface area (Å²) < 4.78 is 10.4. The zero-order valence-electron chi connectivity index (χ0n) is 12.7. The van der Waals surface area contributed by atoms with E-state index in [4.69, 9.17) is 20.8 Å². The molecule has 3 rings (SSSR count). The number of ether oxygens (including phenoxy) is 1. The van der Waals surface area contributed by atoms with Gasteiger partial charge in [0.25, 0.3) is 5.91 Å². The number of carbonyl (C=O) groups excluding carboxylic acids is 1. The van der Waals surface area contributed by atoms with Gasteiger partial charge in [0.2, 0.25) is 0 Å². The Labute approximate surface area is 142 Å². The number of hydrogen-bond acceptors (Lipinski definition) is 6. The van der Waals surface area contributed by atoms with Gasteiger partial charge in [-0.2, -0.15) is 0 Å². The summed E-state index contributed by atoms with van der Waals surface area (Å²) in [5.41, 5.74) is 1.46. The largest absolute Gasteiger partial charge is 0.494 e. The monoisotopic (exact) mass is 344 g/mol. The molecule has 0 aliphatic carbocycles. The third-order valence-electron chi connectivity index (χ3n) is 3.25. The van der Waals surface area contributed by atoms with Crippen LogP contribution in [0.3, 0.4) is 0 Å². The maximum Gasteiger partial charge on any atom is 0.274 e. The first-order valence-corrected chi connectivity index (χ1v) is 7.38. The summed E-state index contributed by atoms with van der Waals surface area (Å²) in [6.45, 7) is 0.352. The number of pyridine rings is 2. The van der Waals surface area contributed by atoms with E-state index in [0.717, 1.165) is 5.56 Å². The van der Waals surface area contributed by atoms with E-state index in [2.05, 4.69) is 20.3 Å². The van der Waals surface area contributed by atoms with Gasteiger partial charge in [-0.25, -0.2) is 9.97 Å². The van der Waals surface area contributed by atoms with Gasteiger partial charge in [0, 0.05) is 18.9 Å². The number of nitrogens with zero attached hydrogens (tertiary/aromatic N) is 3. The van der Waals surface area contributed by atoms with Crippen molar-refractivity contribution >= 4 is 17.5 Å². The lowest BCUT2D eigenvalue weighted by molar-refractivity contribution is 0.0946. The summed E-state index contributed by atoms with van der Waals surface area (Å²) in [5.74, 6) is 0.305. The van der Waals surface area contributed by atoms with Crippen molar-refractivity contribution in [1.29, 1.82) is 0 Å². The molecule has 0 aromatic carbocycles. The van der Waals surface area contributed by atoms with Gasteiger partial charge in [0.1, 0.15) is 5.69 Å². The highest BCUT2D eigenvalue weighted by Crippen LogP contribution is 2.28. The van der Waals surface area contributed by atoms with Gasteiger partial charge in [-0.1, -0.05) is 11.6 Å². The molecule has 0 bridgehead atoms. The highest BCUT2D eigenvalue weighted by Gasteiger charge is 2.20. The molecule has 0 aliphatic rings. The van der Waals surface area contributed by atoms with E-state index in [0.29, 0.717) is 18.0 Å². The van der Waals surface area contributed by atoms with Crippen LogP contribution in [0.2, 0.25) is 5.15 Å². The number of hydrogen-bond donors (Lipinski definition) is 1. The molecular formula is C16H13ClN4O3. The minimum atomic E-state index is -0.371. The Balaban J connectivity index is 1.79. The number of amides is 1. The highest BCUT2D eigenvalue weighted by atomic mass is 35.5. The average molecular weight is 345 g/mol. The molecule has 0 fully saturated rings. The fraction of sp³-hybridized carbons (Fsp3) is 0.125. The standard InChI is InChI=1S/C16H13ClN4O3/c1-23-12-3-2-11(21-15(12)17)14-13(20-9-24-14)16(22)19-8-10-4-6-18-7-5-10/h2-7,9H,8H2,1H3,(H,19,22). The molecule has 0 spiro atoms. The Hall–Kier alpha value is -2.93. The van der Waals surface area contributed by atoms with E-state index in [-0.39, 0.29) is 22.5 Å². The Morgan fingerprint density at radius 2 is 2.08 bits per heavy atom. The molecule has 8 heteroatoms. The number of carbonyl (C=O) groups is 1. The molecule has 0 atom stereocenters. The molecule has 3 aromatic heterocycles. The topological polar surface area (TPSA) is 90.1 Å². The summed E-state index contributed by atoms with van der Waals surface area (Å²) in [5, 5.41) is 2.95. The molecule has 1 amide bonds. The molecule has 0 aliphatic heterocycles. The molecule has 7 nitrogen and oxygen atoms in total. The van der Waals surface area contributed by atoms with Gasteiger partial charge in [-0.3, -0.25) is 9.78 Å². The van der Waals surface area contributed by atoms with Gasteiger partial charge < -0.3 is 14.5 Å². The third-order valence-corrected chi connectivity index (χ3v) is 3.52. The van der Waals surface area contributed by atoms with E-state index in [1.54, 1.807) is 24.5 Å². The zero-order valence-corrected chi connectivity index (χ0v) is 13.4. The lowest BCUT2D eigenvalue weighted by Gasteiger charge is -2.06. The van der Waals surface area contributed by atoms with Crippen molar-refractivity contribution in [2.45, 2.75) is 6.54 Å². The van der Waals surface area contributed by atoms with Gasteiger partial charge in [-0.15, -0.1) is 0 Å². The predicted molar refractivity (Wildman–Crippen MR) is 86.7 cm³/mol. The molecule has 122 valence electrons. The van der Waals surface area contributed by atoms with Crippen LogP contribution in [-0.2, 0) is 6.54 Å². The number of rotatable bonds is 5. The maximum absolute atomic E-state index is 12.3. The predicted octanol–water partition coefficient (Wildman–Crippen LogP) is 2.72. The second-order valence-electron chi connectivity index (χ2n) is 4.76. The average Bonchev–Trinajstić information content (AvgIpc) is 3.10. The minimum Gasteiger partial charge on any atom is -0.494 e. The van der Waals surface area contributed by atoms with Crippen molar-refractivity contribution in [2.24, 2.45) is 0 Å². The van der Waals surface area contributed by atoms with Crippen LogP contribution in [0, 0.1) is 0 Å². The van der Waals surface area contributed by atoms with E-state index >= 15 is 0 Å². The number of methoxy groups -OCH3 is 1. The number of halogens is 1. The van der Waals surface area contributed by atoms with Gasteiger partial charge in [-0.05, 0) is 29.8 Å². The summed E-state index contributed by atoms with van der Waals surface area (Å²) in [4.78, 5) is 24.4. The second kappa shape index (κ2) is 7.10. The molecule has 0 radical (unpaired) electrons. The SMILES string of the molecule is COc1ccc(-c2ocnc2C(=O)NCc2ccncc2)nc1Cl. The molecular weight excluding hydrogens is 332 g/mol. The Morgan fingerprint density at radius 1 is 1.29 bits per heavy atom. The number of nitrogens with one attached hydrogen (secondary N) is 1. The molecule has 1 N–H and O–H groups in total. The van der Waals surface area contributed by atoms with Crippen molar-refractivity contribution in [3.8, 4) is 17.2 Å². The minimum absolute atomic E-state index is 0.137. The summed E-state index contributed by atoms with van der Waals surface area (Å²) in [6.07, 6.45) is 4.51. The fourth-order valence-corrected chi connectivity index (χ4v) is 2.29. The molecule has 3 heterocycles. The van der Waals surface area contributed by atoms with Crippen molar-refractivity contribution < 1.29 is 13.9 Å². The van der Waals surface area contributed by atoms with Crippen molar-refractivity contribution in [3.63, 3.8) is 0 Å². The zero-order chi connectivity index (χ0) is 16.9. The lowest BCUT2D eigenvalue weighted by Crippen LogP contribution is -2.23. The fourth-order valence-electron chi connectivity index (χ4n) is 2.06. The number of oxazole rings is 1. The normalized spacial score (nSPS) is 10.4. The first-order valence-electron chi connectivity index (χ1n) is 7.00. The van der Waals surface area contributed by atoms with Gasteiger partial charge in [0.05, 0.1) is 7.11 Å². The highest BCUT2D eigenvalue weighted by molar-refractivity contribution is 6.31. The smallest absolute Gasteiger partial charge is 0.274 e. The van der Waals surface area contributed by atoms with E-state index < -0.39 is 0 Å². The summed E-state index contributed by atoms with van der Waals surface area (Å²) >= 11 is 6.01. The van der Waals surface area contributed by atoms with Crippen LogP contribution in [0.5, 0.6) is 5.75 Å². The Bertz CT molecular complexity index is 852. The first kappa shape index (κ1) is 15.9. The van der Waals surface area contributed by atoms with Crippen LogP contribution in [-0.4, -0.2) is 28.0 Å². The van der Waals surface area contributed by atoms with Crippen molar-refractivity contribution in [1.82, 2.24) is 20.3 Å². The van der Waals surface area contributed by atoms with Crippen molar-refractivity contribution in [3.05, 3.63) is 59.5 Å². The van der Waals surface area contributed by atoms with Crippen LogP contribution >= 0.6 is 11.6 Å². The molecule has 0 saturated carbocycles. The molecule has 24 heavy (non-hydrogen) atoms. The van der Waals surface area contributed by atoms with Crippen LogP contribution < -0.4 is 10.1 Å². The maximum atomic E-state index is 12.3. The lowest BCUT2D eigenvalue weighted by atomic mass is 10.2. The quantitative estimate of drug-likeness (QED) is 0.716. The Kier molecular flexibility index (Phi) is 4.72. The van der Waals surface area contributed by atoms with Crippen LogP contribution in [0.1, 0.15) is 16.1 Å². The van der Waals surface area contributed by atoms with E-state index in [1.807, 2.05) is 12.1 Å². The third kappa shape index (κ3) is 3.36. The molecule has 3 aromatic rings. The molecule has 0 unspecified atom stereocenters. The van der Waals surface area contributed by atoms with E-state index in [9.17, 15) is 4.79 Å². The second-order valence-corrected chi connectivity index (χ2v) is 5.12. The van der Waals surface area contributed by atoms with Crippen LogP contribution in [0.15, 0.2) is 47.5 Å². The summed E-state index contributed by atoms with van der Waals surface area (Å²) in [7, 11) is 1.50. The van der Waals surface area contributed by atoms with Gasteiger partial charge in [0.15, 0.2) is 28.8 Å². The van der Waals surface area contributed by atoms with Crippen molar-refractivity contribution in [2.75, 3.05) is 7.11 Å². The Morgan fingerprint density at radius 3 is 2.79 bits per heavy atom. The summed E-state index contributed by atoms with van der Waals surface area (Å²) in [6, 6.07) is 6.92. The first-order chi connectivity index (χ1) is 11.7. The van der Waals surface area contributed by atoms with E-state index in [1.165, 1.54) is 13.5 Å². The molecule has 0 saturated heterocycles. The van der Waals surface area contributed by atoms with Crippen LogP contribution in [0.4, 0.5) is 0 Å². The van der Waals surface area contributed by atoms with Gasteiger partial charge >= 0.3 is 0 Å². The van der Waals surface area contributed by atoms with Crippen LogP contribution in [0.25, 0.3) is 11.5 Å².